The van der Waals surface area contributed by atoms with Gasteiger partial charge in [-0.05, 0) is 46.0 Å². The first kappa shape index (κ1) is 13.7. The van der Waals surface area contributed by atoms with Crippen LogP contribution in [0.1, 0.15) is 30.8 Å². The molecule has 1 aromatic heterocycles. The molecule has 17 heavy (non-hydrogen) atoms. The van der Waals surface area contributed by atoms with Crippen molar-refractivity contribution in [1.82, 2.24) is 15.3 Å². The highest BCUT2D eigenvalue weighted by Crippen LogP contribution is 2.12. The zero-order chi connectivity index (χ0) is 12.8. The summed E-state index contributed by atoms with van der Waals surface area (Å²) >= 11 is 5.01. The van der Waals surface area contributed by atoms with E-state index in [1.54, 1.807) is 6.21 Å². The van der Waals surface area contributed by atoms with E-state index < -0.39 is 0 Å². The maximum Gasteiger partial charge on any atom is 0.186 e. The maximum absolute atomic E-state index is 5.01. The molecule has 0 spiro atoms. The number of aryl methyl sites for hydroxylation is 1. The Morgan fingerprint density at radius 1 is 1.47 bits per heavy atom. The second-order valence-corrected chi connectivity index (χ2v) is 4.21. The fraction of sp³-hybridized carbons (Fsp3) is 0.500. The summed E-state index contributed by atoms with van der Waals surface area (Å²) in [6.45, 7) is 10.1. The molecule has 0 saturated heterocycles. The summed E-state index contributed by atoms with van der Waals surface area (Å²) in [6.07, 6.45) is 1.80. The predicted octanol–water partition coefficient (Wildman–Crippen LogP) is 1.94. The van der Waals surface area contributed by atoms with E-state index in [0.29, 0.717) is 5.11 Å². The predicted molar refractivity (Wildman–Crippen MR) is 76.6 cm³/mol. The van der Waals surface area contributed by atoms with Crippen LogP contribution in [0.4, 0.5) is 0 Å². The fourth-order valence-corrected chi connectivity index (χ4v) is 2.00. The van der Waals surface area contributed by atoms with Gasteiger partial charge in [0.05, 0.1) is 6.21 Å². The van der Waals surface area contributed by atoms with Crippen molar-refractivity contribution in [3.8, 4) is 0 Å². The molecule has 2 N–H and O–H groups in total. The van der Waals surface area contributed by atoms with Crippen molar-refractivity contribution in [2.45, 2.75) is 34.2 Å². The van der Waals surface area contributed by atoms with Gasteiger partial charge >= 0.3 is 0 Å². The van der Waals surface area contributed by atoms with Crippen molar-refractivity contribution in [2.75, 3.05) is 6.54 Å². The van der Waals surface area contributed by atoms with Crippen LogP contribution in [-0.2, 0) is 6.54 Å². The van der Waals surface area contributed by atoms with E-state index in [9.17, 15) is 0 Å². The number of rotatable bonds is 4. The van der Waals surface area contributed by atoms with Gasteiger partial charge in [-0.2, -0.15) is 5.10 Å². The molecule has 0 aliphatic heterocycles. The van der Waals surface area contributed by atoms with E-state index in [-0.39, 0.29) is 0 Å². The lowest BCUT2D eigenvalue weighted by molar-refractivity contribution is 0.718. The van der Waals surface area contributed by atoms with Gasteiger partial charge in [0.15, 0.2) is 5.11 Å². The van der Waals surface area contributed by atoms with Crippen LogP contribution in [0.3, 0.4) is 0 Å². The zero-order valence-electron chi connectivity index (χ0n) is 10.9. The van der Waals surface area contributed by atoms with Crippen LogP contribution in [0.25, 0.3) is 0 Å². The Morgan fingerprint density at radius 3 is 2.71 bits per heavy atom. The number of hydrogen-bond donors (Lipinski definition) is 2. The second-order valence-electron chi connectivity index (χ2n) is 3.80. The number of aromatic nitrogens is 1. The molecule has 0 saturated carbocycles. The van der Waals surface area contributed by atoms with E-state index in [1.165, 1.54) is 11.4 Å². The molecule has 0 radical (unpaired) electrons. The van der Waals surface area contributed by atoms with E-state index in [4.69, 9.17) is 12.2 Å². The summed E-state index contributed by atoms with van der Waals surface area (Å²) in [5.74, 6) is 0. The first-order valence-corrected chi connectivity index (χ1v) is 6.24. The lowest BCUT2D eigenvalue weighted by atomic mass is 10.3. The first-order chi connectivity index (χ1) is 8.10. The molecule has 0 unspecified atom stereocenters. The molecule has 1 aromatic rings. The molecule has 1 heterocycles. The number of thiocarbonyl (C=S) groups is 1. The topological polar surface area (TPSA) is 41.4 Å². The molecular weight excluding hydrogens is 232 g/mol. The van der Waals surface area contributed by atoms with Gasteiger partial charge in [0, 0.05) is 30.0 Å². The maximum atomic E-state index is 5.01. The third-order valence-corrected chi connectivity index (χ3v) is 2.87. The van der Waals surface area contributed by atoms with Gasteiger partial charge in [-0.3, -0.25) is 5.43 Å². The molecule has 0 amide bonds. The molecule has 0 aliphatic rings. The highest BCUT2D eigenvalue weighted by Gasteiger charge is 2.05. The summed E-state index contributed by atoms with van der Waals surface area (Å²) < 4.78 is 2.25. The van der Waals surface area contributed by atoms with Gasteiger partial charge in [0.2, 0.25) is 0 Å². The van der Waals surface area contributed by atoms with Crippen LogP contribution < -0.4 is 10.7 Å². The molecule has 4 nitrogen and oxygen atoms in total. The van der Waals surface area contributed by atoms with Crippen LogP contribution >= 0.6 is 12.2 Å². The minimum Gasteiger partial charge on any atom is -0.362 e. The second kappa shape index (κ2) is 6.39. The highest BCUT2D eigenvalue weighted by molar-refractivity contribution is 7.80. The Balaban J connectivity index is 2.69. The Kier molecular flexibility index (Phi) is 5.15. The minimum atomic E-state index is 0.549. The Hall–Kier alpha value is -1.36. The van der Waals surface area contributed by atoms with E-state index in [0.717, 1.165) is 18.7 Å². The lowest BCUT2D eigenvalue weighted by Gasteiger charge is -2.04. The summed E-state index contributed by atoms with van der Waals surface area (Å²) in [6, 6.07) is 2.13. The number of hydrogen-bond acceptors (Lipinski definition) is 2. The summed E-state index contributed by atoms with van der Waals surface area (Å²) in [5, 5.41) is 7.64. The molecule has 94 valence electrons. The van der Waals surface area contributed by atoms with Crippen LogP contribution in [0.15, 0.2) is 11.2 Å². The van der Waals surface area contributed by atoms with Gasteiger partial charge < -0.3 is 9.88 Å². The molecule has 5 heteroatoms. The molecule has 0 fully saturated rings. The van der Waals surface area contributed by atoms with Crippen molar-refractivity contribution >= 4 is 23.5 Å². The monoisotopic (exact) mass is 252 g/mol. The van der Waals surface area contributed by atoms with Gasteiger partial charge in [0.25, 0.3) is 0 Å². The molecule has 1 rings (SSSR count). The quantitative estimate of drug-likeness (QED) is 0.489. The van der Waals surface area contributed by atoms with Gasteiger partial charge in [-0.1, -0.05) is 0 Å². The number of nitrogens with zero attached hydrogens (tertiary/aromatic N) is 2. The highest BCUT2D eigenvalue weighted by atomic mass is 32.1. The standard InChI is InChI=1S/C12H20N4S/c1-5-13-12(17)15-14-8-11-7-9(3)16(6-2)10(11)4/h7-8H,5-6H2,1-4H3,(H2,13,15,17)/b14-8-. The number of nitrogens with one attached hydrogen (secondary N) is 2. The van der Waals surface area contributed by atoms with E-state index in [1.807, 2.05) is 6.92 Å². The van der Waals surface area contributed by atoms with Crippen molar-refractivity contribution in [1.29, 1.82) is 0 Å². The van der Waals surface area contributed by atoms with E-state index >= 15 is 0 Å². The normalized spacial score (nSPS) is 10.8. The SMILES string of the molecule is CCNC(=S)N/N=C\c1cc(C)n(CC)c1C. The van der Waals surface area contributed by atoms with Crippen molar-refractivity contribution in [3.63, 3.8) is 0 Å². The van der Waals surface area contributed by atoms with Crippen molar-refractivity contribution in [3.05, 3.63) is 23.0 Å². The third-order valence-electron chi connectivity index (χ3n) is 2.64. The molecule has 0 bridgehead atoms. The first-order valence-electron chi connectivity index (χ1n) is 5.83. The summed E-state index contributed by atoms with van der Waals surface area (Å²) in [7, 11) is 0. The lowest BCUT2D eigenvalue weighted by Crippen LogP contribution is -2.31. The average Bonchev–Trinajstić information content (AvgIpc) is 2.54. The largest absolute Gasteiger partial charge is 0.362 e. The Bertz CT molecular complexity index is 420. The average molecular weight is 252 g/mol. The smallest absolute Gasteiger partial charge is 0.186 e. The van der Waals surface area contributed by atoms with Crippen LogP contribution in [0, 0.1) is 13.8 Å². The fourth-order valence-electron chi connectivity index (χ4n) is 1.81. The zero-order valence-corrected chi connectivity index (χ0v) is 11.7. The minimum absolute atomic E-state index is 0.549. The Morgan fingerprint density at radius 2 is 2.18 bits per heavy atom. The molecular formula is C12H20N4S. The van der Waals surface area contributed by atoms with Gasteiger partial charge in [-0.15, -0.1) is 0 Å². The van der Waals surface area contributed by atoms with Crippen molar-refractivity contribution in [2.24, 2.45) is 5.10 Å². The third kappa shape index (κ3) is 3.56. The van der Waals surface area contributed by atoms with Crippen LogP contribution in [0.5, 0.6) is 0 Å². The van der Waals surface area contributed by atoms with E-state index in [2.05, 4.69) is 47.2 Å². The van der Waals surface area contributed by atoms with Crippen LogP contribution in [-0.4, -0.2) is 22.4 Å². The number of hydrazone groups is 1. The van der Waals surface area contributed by atoms with Crippen LogP contribution in [0.2, 0.25) is 0 Å². The molecule has 0 atom stereocenters. The van der Waals surface area contributed by atoms with Crippen molar-refractivity contribution < 1.29 is 0 Å². The Labute approximate surface area is 108 Å². The molecule has 0 aliphatic carbocycles. The van der Waals surface area contributed by atoms with Gasteiger partial charge in [-0.25, -0.2) is 0 Å². The molecule has 0 aromatic carbocycles. The van der Waals surface area contributed by atoms with Gasteiger partial charge in [0.1, 0.15) is 0 Å². The summed E-state index contributed by atoms with van der Waals surface area (Å²) in [4.78, 5) is 0. The summed E-state index contributed by atoms with van der Waals surface area (Å²) in [5.41, 5.74) is 6.39.